The quantitative estimate of drug-likeness (QED) is 0.842. The average molecular weight is 357 g/mol. The third-order valence-electron chi connectivity index (χ3n) is 5.26. The fourth-order valence-electron chi connectivity index (χ4n) is 3.64. The molecule has 128 valence electrons. The van der Waals surface area contributed by atoms with Gasteiger partial charge in [0.15, 0.2) is 0 Å². The van der Waals surface area contributed by atoms with Gasteiger partial charge < -0.3 is 11.1 Å². The maximum absolute atomic E-state index is 13.0. The molecule has 1 amide bonds. The van der Waals surface area contributed by atoms with Gasteiger partial charge in [-0.2, -0.15) is 0 Å². The van der Waals surface area contributed by atoms with E-state index in [4.69, 9.17) is 17.3 Å². The predicted molar refractivity (Wildman–Crippen MR) is 97.2 cm³/mol. The molecular formula is C18H26Cl2N2O. The largest absolute Gasteiger partial charge is 0.354 e. The minimum Gasteiger partial charge on any atom is -0.354 e. The van der Waals surface area contributed by atoms with Gasteiger partial charge in [0.25, 0.3) is 0 Å². The van der Waals surface area contributed by atoms with Crippen LogP contribution < -0.4 is 11.1 Å². The van der Waals surface area contributed by atoms with Crippen LogP contribution in [0.5, 0.6) is 0 Å². The Kier molecular flexibility index (Phi) is 6.35. The van der Waals surface area contributed by atoms with E-state index in [-0.39, 0.29) is 24.4 Å². The molecule has 1 atom stereocenters. The smallest absolute Gasteiger partial charge is 0.230 e. The van der Waals surface area contributed by atoms with Crippen molar-refractivity contribution in [1.82, 2.24) is 5.32 Å². The molecule has 0 aromatic heterocycles. The SMILES string of the molecule is Cl.NC(CNC(=O)C1(c2ccc(Cl)cc2)CCCCC1)C1CC1. The lowest BCUT2D eigenvalue weighted by Gasteiger charge is -2.36. The van der Waals surface area contributed by atoms with E-state index in [0.717, 1.165) is 31.2 Å². The summed E-state index contributed by atoms with van der Waals surface area (Å²) in [5, 5.41) is 3.84. The zero-order valence-corrected chi connectivity index (χ0v) is 15.0. The van der Waals surface area contributed by atoms with Gasteiger partial charge in [0.05, 0.1) is 5.41 Å². The molecule has 0 bridgehead atoms. The van der Waals surface area contributed by atoms with Gasteiger partial charge in [-0.3, -0.25) is 4.79 Å². The molecule has 0 spiro atoms. The van der Waals surface area contributed by atoms with E-state index in [1.54, 1.807) is 0 Å². The zero-order valence-electron chi connectivity index (χ0n) is 13.4. The Hall–Kier alpha value is -0.770. The third-order valence-corrected chi connectivity index (χ3v) is 5.52. The standard InChI is InChI=1S/C18H25ClN2O.ClH/c19-15-8-6-14(7-9-15)18(10-2-1-3-11-18)17(22)21-12-16(20)13-4-5-13;/h6-9,13,16H,1-5,10-12,20H2,(H,21,22);1H. The van der Waals surface area contributed by atoms with E-state index in [9.17, 15) is 4.79 Å². The number of amides is 1. The van der Waals surface area contributed by atoms with Crippen molar-refractivity contribution in [2.75, 3.05) is 6.54 Å². The molecule has 0 heterocycles. The number of nitrogens with one attached hydrogen (secondary N) is 1. The molecular weight excluding hydrogens is 331 g/mol. The van der Waals surface area contributed by atoms with Crippen molar-refractivity contribution in [2.45, 2.75) is 56.4 Å². The van der Waals surface area contributed by atoms with Crippen molar-refractivity contribution < 1.29 is 4.79 Å². The second kappa shape index (κ2) is 7.87. The van der Waals surface area contributed by atoms with Crippen LogP contribution in [-0.2, 0) is 10.2 Å². The van der Waals surface area contributed by atoms with Crippen molar-refractivity contribution >= 4 is 29.9 Å². The highest BCUT2D eigenvalue weighted by Gasteiger charge is 2.41. The van der Waals surface area contributed by atoms with Crippen LogP contribution >= 0.6 is 24.0 Å². The van der Waals surface area contributed by atoms with Crippen molar-refractivity contribution in [3.8, 4) is 0 Å². The first kappa shape index (κ1) is 18.6. The molecule has 1 aromatic rings. The maximum atomic E-state index is 13.0. The topological polar surface area (TPSA) is 55.1 Å². The van der Waals surface area contributed by atoms with Crippen LogP contribution in [0, 0.1) is 5.92 Å². The Labute approximate surface area is 149 Å². The summed E-state index contributed by atoms with van der Waals surface area (Å²) in [4.78, 5) is 13.0. The Morgan fingerprint density at radius 1 is 1.22 bits per heavy atom. The highest BCUT2D eigenvalue weighted by atomic mass is 35.5. The van der Waals surface area contributed by atoms with Gasteiger partial charge >= 0.3 is 0 Å². The molecule has 2 fully saturated rings. The molecule has 3 N–H and O–H groups in total. The van der Waals surface area contributed by atoms with Crippen LogP contribution in [0.2, 0.25) is 5.02 Å². The van der Waals surface area contributed by atoms with E-state index in [1.165, 1.54) is 19.3 Å². The molecule has 5 heteroatoms. The molecule has 2 saturated carbocycles. The second-order valence-corrected chi connectivity index (χ2v) is 7.30. The lowest BCUT2D eigenvalue weighted by molar-refractivity contribution is -0.128. The molecule has 2 aliphatic carbocycles. The number of nitrogens with two attached hydrogens (primary N) is 1. The van der Waals surface area contributed by atoms with E-state index in [1.807, 2.05) is 24.3 Å². The fourth-order valence-corrected chi connectivity index (χ4v) is 3.77. The fraction of sp³-hybridized carbons (Fsp3) is 0.611. The van der Waals surface area contributed by atoms with Crippen LogP contribution in [0.3, 0.4) is 0 Å². The van der Waals surface area contributed by atoms with E-state index < -0.39 is 5.41 Å². The summed E-state index contributed by atoms with van der Waals surface area (Å²) in [5.41, 5.74) is 6.82. The maximum Gasteiger partial charge on any atom is 0.230 e. The second-order valence-electron chi connectivity index (χ2n) is 6.86. The van der Waals surface area contributed by atoms with Gasteiger partial charge in [0, 0.05) is 17.6 Å². The van der Waals surface area contributed by atoms with Crippen LogP contribution in [-0.4, -0.2) is 18.5 Å². The first-order chi connectivity index (χ1) is 10.6. The Morgan fingerprint density at radius 2 is 1.83 bits per heavy atom. The van der Waals surface area contributed by atoms with Crippen molar-refractivity contribution in [1.29, 1.82) is 0 Å². The van der Waals surface area contributed by atoms with Crippen molar-refractivity contribution in [2.24, 2.45) is 11.7 Å². The van der Waals surface area contributed by atoms with E-state index in [0.29, 0.717) is 17.5 Å². The average Bonchev–Trinajstić information content (AvgIpc) is 3.38. The molecule has 23 heavy (non-hydrogen) atoms. The Balaban J connectivity index is 0.00000192. The molecule has 3 rings (SSSR count). The van der Waals surface area contributed by atoms with E-state index in [2.05, 4.69) is 5.32 Å². The van der Waals surface area contributed by atoms with Crippen LogP contribution in [0.4, 0.5) is 0 Å². The molecule has 0 aliphatic heterocycles. The number of hydrogen-bond donors (Lipinski definition) is 2. The summed E-state index contributed by atoms with van der Waals surface area (Å²) >= 11 is 6.00. The van der Waals surface area contributed by atoms with Gasteiger partial charge in [0.2, 0.25) is 5.91 Å². The number of benzene rings is 1. The number of hydrogen-bond acceptors (Lipinski definition) is 2. The highest BCUT2D eigenvalue weighted by molar-refractivity contribution is 6.30. The van der Waals surface area contributed by atoms with Crippen molar-refractivity contribution in [3.63, 3.8) is 0 Å². The van der Waals surface area contributed by atoms with Crippen LogP contribution in [0.15, 0.2) is 24.3 Å². The molecule has 1 unspecified atom stereocenters. The highest BCUT2D eigenvalue weighted by Crippen LogP contribution is 2.40. The zero-order chi connectivity index (χ0) is 15.6. The summed E-state index contributed by atoms with van der Waals surface area (Å²) in [6.45, 7) is 0.596. The molecule has 0 saturated heterocycles. The first-order valence-corrected chi connectivity index (χ1v) is 8.79. The number of carbonyl (C=O) groups excluding carboxylic acids is 1. The van der Waals surface area contributed by atoms with Crippen LogP contribution in [0.25, 0.3) is 0 Å². The minimum atomic E-state index is -0.397. The molecule has 2 aliphatic rings. The Bertz CT molecular complexity index is 522. The normalized spacial score (nSPS) is 21.1. The van der Waals surface area contributed by atoms with Gasteiger partial charge in [-0.05, 0) is 49.3 Å². The lowest BCUT2D eigenvalue weighted by atomic mass is 9.68. The summed E-state index contributed by atoms with van der Waals surface area (Å²) in [7, 11) is 0. The van der Waals surface area contributed by atoms with Crippen molar-refractivity contribution in [3.05, 3.63) is 34.9 Å². The van der Waals surface area contributed by atoms with Gasteiger partial charge in [-0.1, -0.05) is 43.0 Å². The summed E-state index contributed by atoms with van der Waals surface area (Å²) in [6.07, 6.45) is 7.66. The molecule has 3 nitrogen and oxygen atoms in total. The number of halogens is 2. The minimum absolute atomic E-state index is 0. The van der Waals surface area contributed by atoms with Gasteiger partial charge in [-0.15, -0.1) is 12.4 Å². The summed E-state index contributed by atoms with van der Waals surface area (Å²) < 4.78 is 0. The molecule has 1 aromatic carbocycles. The number of rotatable bonds is 5. The molecule has 0 radical (unpaired) electrons. The Morgan fingerprint density at radius 3 is 2.39 bits per heavy atom. The summed E-state index contributed by atoms with van der Waals surface area (Å²) in [5.74, 6) is 0.753. The summed E-state index contributed by atoms with van der Waals surface area (Å²) in [6, 6.07) is 7.89. The van der Waals surface area contributed by atoms with Crippen LogP contribution in [0.1, 0.15) is 50.5 Å². The lowest BCUT2D eigenvalue weighted by Crippen LogP contribution is -2.49. The van der Waals surface area contributed by atoms with Gasteiger partial charge in [-0.25, -0.2) is 0 Å². The van der Waals surface area contributed by atoms with Gasteiger partial charge in [0.1, 0.15) is 0 Å². The monoisotopic (exact) mass is 356 g/mol. The van der Waals surface area contributed by atoms with E-state index >= 15 is 0 Å². The first-order valence-electron chi connectivity index (χ1n) is 8.42. The predicted octanol–water partition coefficient (Wildman–Crippen LogP) is 3.82. The number of carbonyl (C=O) groups is 1. The third kappa shape index (κ3) is 4.20.